The molecule has 4 heterocycles. The molecule has 152 valence electrons. The highest BCUT2D eigenvalue weighted by atomic mass is 19.4. The molecular formula is C21H16F3N5O. The van der Waals surface area contributed by atoms with Crippen LogP contribution >= 0.6 is 0 Å². The number of alkyl halides is 3. The summed E-state index contributed by atoms with van der Waals surface area (Å²) in [7, 11) is 0. The third-order valence-corrected chi connectivity index (χ3v) is 6.04. The fraction of sp³-hybridized carbons (Fsp3) is 0.333. The van der Waals surface area contributed by atoms with E-state index in [0.717, 1.165) is 25.1 Å². The number of nitriles is 1. The van der Waals surface area contributed by atoms with E-state index >= 15 is 0 Å². The summed E-state index contributed by atoms with van der Waals surface area (Å²) in [5.74, 6) is -0.148. The smallest absolute Gasteiger partial charge is 0.309 e. The van der Waals surface area contributed by atoms with Gasteiger partial charge in [0.1, 0.15) is 5.41 Å². The average Bonchev–Trinajstić information content (AvgIpc) is 3.40. The standard InChI is InChI=1S/C21H16F3N5O/c22-21(23,24)16-3-6-26-10-15(16)13-9-18-17(4-7-27-29(18)11-13)28-8-5-20(12-25,19(28)30)14-1-2-14/h3-4,6-7,9-11,14H,1-2,5,8H2/t20-/m1/s1. The predicted molar refractivity (Wildman–Crippen MR) is 101 cm³/mol. The summed E-state index contributed by atoms with van der Waals surface area (Å²) in [4.78, 5) is 18.6. The molecule has 0 bridgehead atoms. The summed E-state index contributed by atoms with van der Waals surface area (Å²) < 4.78 is 41.8. The van der Waals surface area contributed by atoms with Crippen molar-refractivity contribution >= 4 is 17.1 Å². The van der Waals surface area contributed by atoms with Crippen molar-refractivity contribution in [2.75, 3.05) is 11.4 Å². The number of rotatable bonds is 3. The predicted octanol–water partition coefficient (Wildman–Crippen LogP) is 4.07. The Kier molecular flexibility index (Phi) is 3.90. The van der Waals surface area contributed by atoms with Gasteiger partial charge in [0.05, 0.1) is 22.8 Å². The maximum atomic E-state index is 13.4. The van der Waals surface area contributed by atoms with E-state index in [1.165, 1.54) is 23.1 Å². The molecule has 1 aliphatic heterocycles. The van der Waals surface area contributed by atoms with Gasteiger partial charge < -0.3 is 4.90 Å². The second kappa shape index (κ2) is 6.29. The number of hydrogen-bond donors (Lipinski definition) is 0. The van der Waals surface area contributed by atoms with E-state index < -0.39 is 17.2 Å². The first-order valence-electron chi connectivity index (χ1n) is 9.57. The highest BCUT2D eigenvalue weighted by molar-refractivity contribution is 6.05. The molecule has 30 heavy (non-hydrogen) atoms. The lowest BCUT2D eigenvalue weighted by Crippen LogP contribution is -2.35. The molecule has 1 aliphatic carbocycles. The van der Waals surface area contributed by atoms with Gasteiger partial charge in [-0.15, -0.1) is 0 Å². The quantitative estimate of drug-likeness (QED) is 0.651. The Morgan fingerprint density at radius 3 is 2.73 bits per heavy atom. The second-order valence-electron chi connectivity index (χ2n) is 7.76. The number of nitrogens with zero attached hydrogens (tertiary/aromatic N) is 5. The van der Waals surface area contributed by atoms with Gasteiger partial charge in [-0.3, -0.25) is 9.78 Å². The number of amides is 1. The van der Waals surface area contributed by atoms with Crippen LogP contribution in [-0.2, 0) is 11.0 Å². The van der Waals surface area contributed by atoms with Gasteiger partial charge in [0.15, 0.2) is 0 Å². The molecule has 0 spiro atoms. The number of aromatic nitrogens is 3. The maximum Gasteiger partial charge on any atom is 0.417 e. The van der Waals surface area contributed by atoms with Crippen LogP contribution in [0.1, 0.15) is 24.8 Å². The van der Waals surface area contributed by atoms with Gasteiger partial charge in [0, 0.05) is 42.5 Å². The molecule has 1 saturated carbocycles. The number of pyridine rings is 1. The first-order valence-corrected chi connectivity index (χ1v) is 9.57. The first kappa shape index (κ1) is 18.6. The molecule has 0 radical (unpaired) electrons. The Bertz CT molecular complexity index is 1210. The summed E-state index contributed by atoms with van der Waals surface area (Å²) in [6.07, 6.45) is 2.94. The van der Waals surface area contributed by atoms with Gasteiger partial charge in [0.25, 0.3) is 0 Å². The van der Waals surface area contributed by atoms with E-state index in [0.29, 0.717) is 29.7 Å². The zero-order valence-electron chi connectivity index (χ0n) is 15.7. The highest BCUT2D eigenvalue weighted by Crippen LogP contribution is 2.52. The molecule has 3 aromatic heterocycles. The van der Waals surface area contributed by atoms with Crippen molar-refractivity contribution in [3.8, 4) is 17.2 Å². The van der Waals surface area contributed by atoms with E-state index in [2.05, 4.69) is 16.2 Å². The van der Waals surface area contributed by atoms with E-state index in [1.54, 1.807) is 17.0 Å². The molecule has 2 aliphatic rings. The number of hydrogen-bond acceptors (Lipinski definition) is 4. The third kappa shape index (κ3) is 2.67. The van der Waals surface area contributed by atoms with Crippen molar-refractivity contribution in [1.82, 2.24) is 14.6 Å². The minimum absolute atomic E-state index is 0.0569. The van der Waals surface area contributed by atoms with Crippen LogP contribution in [0.2, 0.25) is 0 Å². The summed E-state index contributed by atoms with van der Waals surface area (Å²) in [6.45, 7) is 0.393. The number of anilines is 1. The Labute approximate surface area is 169 Å². The average molecular weight is 411 g/mol. The van der Waals surface area contributed by atoms with Crippen molar-refractivity contribution in [1.29, 1.82) is 5.26 Å². The summed E-state index contributed by atoms with van der Waals surface area (Å²) >= 11 is 0. The zero-order chi connectivity index (χ0) is 21.1. The number of carbonyl (C=O) groups is 1. The molecule has 1 amide bonds. The lowest BCUT2D eigenvalue weighted by molar-refractivity contribution is -0.137. The fourth-order valence-corrected chi connectivity index (χ4v) is 4.36. The summed E-state index contributed by atoms with van der Waals surface area (Å²) in [5.41, 5.74) is -0.500. The molecule has 1 atom stereocenters. The lowest BCUT2D eigenvalue weighted by atomic mass is 9.83. The molecule has 5 rings (SSSR count). The molecular weight excluding hydrogens is 395 g/mol. The maximum absolute atomic E-state index is 13.4. The number of fused-ring (bicyclic) bond motifs is 1. The number of halogens is 3. The van der Waals surface area contributed by atoms with Crippen LogP contribution in [0.25, 0.3) is 16.6 Å². The molecule has 3 aromatic rings. The van der Waals surface area contributed by atoms with Crippen molar-refractivity contribution in [2.24, 2.45) is 11.3 Å². The van der Waals surface area contributed by atoms with Gasteiger partial charge >= 0.3 is 6.18 Å². The van der Waals surface area contributed by atoms with Crippen LogP contribution in [-0.4, -0.2) is 27.0 Å². The number of carbonyl (C=O) groups excluding carboxylic acids is 1. The van der Waals surface area contributed by atoms with Crippen molar-refractivity contribution < 1.29 is 18.0 Å². The van der Waals surface area contributed by atoms with Crippen LogP contribution < -0.4 is 4.90 Å². The van der Waals surface area contributed by atoms with E-state index in [4.69, 9.17) is 0 Å². The van der Waals surface area contributed by atoms with Crippen LogP contribution in [0.3, 0.4) is 0 Å². The lowest BCUT2D eigenvalue weighted by Gasteiger charge is -2.21. The topological polar surface area (TPSA) is 74.3 Å². The van der Waals surface area contributed by atoms with Gasteiger partial charge in [0.2, 0.25) is 5.91 Å². The van der Waals surface area contributed by atoms with E-state index in [-0.39, 0.29) is 17.4 Å². The Morgan fingerprint density at radius 1 is 1.23 bits per heavy atom. The molecule has 0 unspecified atom stereocenters. The van der Waals surface area contributed by atoms with Gasteiger partial charge in [-0.05, 0) is 43.4 Å². The normalized spacial score (nSPS) is 21.9. The third-order valence-electron chi connectivity index (χ3n) is 6.04. The monoisotopic (exact) mass is 411 g/mol. The minimum Gasteiger partial charge on any atom is -0.309 e. The van der Waals surface area contributed by atoms with Crippen molar-refractivity contribution in [2.45, 2.75) is 25.4 Å². The van der Waals surface area contributed by atoms with Crippen molar-refractivity contribution in [3.63, 3.8) is 0 Å². The van der Waals surface area contributed by atoms with E-state index in [9.17, 15) is 23.2 Å². The Balaban J connectivity index is 1.60. The van der Waals surface area contributed by atoms with Gasteiger partial charge in [-0.1, -0.05) is 0 Å². The largest absolute Gasteiger partial charge is 0.417 e. The van der Waals surface area contributed by atoms with Crippen LogP contribution in [0.15, 0.2) is 43.0 Å². The Hall–Kier alpha value is -3.41. The summed E-state index contributed by atoms with van der Waals surface area (Å²) in [6, 6.07) is 6.42. The second-order valence-corrected chi connectivity index (χ2v) is 7.76. The molecule has 9 heteroatoms. The molecule has 2 fully saturated rings. The first-order chi connectivity index (χ1) is 14.3. The molecule has 0 N–H and O–H groups in total. The fourth-order valence-electron chi connectivity index (χ4n) is 4.36. The molecule has 6 nitrogen and oxygen atoms in total. The Morgan fingerprint density at radius 2 is 2.03 bits per heavy atom. The summed E-state index contributed by atoms with van der Waals surface area (Å²) in [5, 5.41) is 13.9. The van der Waals surface area contributed by atoms with Crippen LogP contribution in [0, 0.1) is 22.7 Å². The van der Waals surface area contributed by atoms with Crippen LogP contribution in [0.5, 0.6) is 0 Å². The van der Waals surface area contributed by atoms with Gasteiger partial charge in [-0.25, -0.2) is 4.52 Å². The van der Waals surface area contributed by atoms with Crippen molar-refractivity contribution in [3.05, 3.63) is 48.5 Å². The van der Waals surface area contributed by atoms with E-state index in [1.807, 2.05) is 0 Å². The van der Waals surface area contributed by atoms with Gasteiger partial charge in [-0.2, -0.15) is 23.5 Å². The minimum atomic E-state index is -4.52. The molecule has 0 aromatic carbocycles. The highest BCUT2D eigenvalue weighted by Gasteiger charge is 2.57. The van der Waals surface area contributed by atoms with Crippen LogP contribution in [0.4, 0.5) is 18.9 Å². The SMILES string of the molecule is N#C[C@@]1(C2CC2)CCN(c2ccnn3cc(-c4cnccc4C(F)(F)F)cc23)C1=O. The molecule has 1 saturated heterocycles. The zero-order valence-corrected chi connectivity index (χ0v) is 15.7.